The van der Waals surface area contributed by atoms with Crippen LogP contribution >= 0.6 is 15.9 Å². The molecule has 5 heterocycles. The highest BCUT2D eigenvalue weighted by molar-refractivity contribution is 9.18. The Kier molecular flexibility index (Phi) is 9.98. The molecule has 8 bridgehead atoms. The van der Waals surface area contributed by atoms with Crippen molar-refractivity contribution in [1.82, 2.24) is 15.0 Å². The van der Waals surface area contributed by atoms with E-state index in [1.165, 1.54) is 0 Å². The quantitative estimate of drug-likeness (QED) is 0.109. The molecule has 9 rings (SSSR count). The number of aliphatic imine (C=N–C) groups is 1. The monoisotopic (exact) mass is 857 g/mol. The molecular weight excluding hydrogens is 822 g/mol. The van der Waals surface area contributed by atoms with Crippen molar-refractivity contribution >= 4 is 66.1 Å². The smallest absolute Gasteiger partial charge is 0.306 e. The highest BCUT2D eigenvalue weighted by atomic mass is 79.9. The van der Waals surface area contributed by atoms with Gasteiger partial charge in [0, 0.05) is 44.3 Å². The summed E-state index contributed by atoms with van der Waals surface area (Å²) < 4.78 is 22.3. The molecule has 0 aliphatic carbocycles. The van der Waals surface area contributed by atoms with E-state index in [-0.39, 0.29) is 16.3 Å². The standard InChI is InChI=1S/C48H36BrN5O6/c1-57-31-13-5-27(6-14-31)41-35-21-22-36(50-35)42(28-7-15-32(58-2)16-8-28)38-24-26-40(52-38)44(30-11-19-34(60-4)20-12-30)46-47(54(55)56)45(48(49)53-46)43(39-25-23-37(41)51-39)29-9-17-33(59-3)18-10-29/h5-26,51-52H,1-4H3. The third kappa shape index (κ3) is 6.76. The van der Waals surface area contributed by atoms with Crippen LogP contribution in [0.2, 0.25) is 0 Å². The van der Waals surface area contributed by atoms with Gasteiger partial charge in [0.2, 0.25) is 0 Å². The summed E-state index contributed by atoms with van der Waals surface area (Å²) in [6.45, 7) is 0. The first kappa shape index (κ1) is 38.1. The Hall–Kier alpha value is -7.44. The number of H-pyrrole nitrogens is 2. The van der Waals surface area contributed by atoms with E-state index in [2.05, 4.69) is 25.9 Å². The van der Waals surface area contributed by atoms with Gasteiger partial charge in [-0.05, 0) is 123 Å². The number of hydrogen-bond acceptors (Lipinski definition) is 8. The van der Waals surface area contributed by atoms with Crippen molar-refractivity contribution in [3.8, 4) is 67.5 Å². The topological polar surface area (TPSA) is 137 Å². The highest BCUT2D eigenvalue weighted by Crippen LogP contribution is 2.49. The van der Waals surface area contributed by atoms with Crippen molar-refractivity contribution in [2.75, 3.05) is 28.4 Å². The lowest BCUT2D eigenvalue weighted by molar-refractivity contribution is -0.383. The minimum Gasteiger partial charge on any atom is -0.497 e. The van der Waals surface area contributed by atoms with Crippen LogP contribution in [0.3, 0.4) is 0 Å². The Morgan fingerprint density at radius 2 is 0.817 bits per heavy atom. The van der Waals surface area contributed by atoms with Gasteiger partial charge in [0.1, 0.15) is 27.6 Å². The number of benzene rings is 4. The summed E-state index contributed by atoms with van der Waals surface area (Å²) in [7, 11) is 6.46. The molecule has 4 aromatic carbocycles. The molecule has 0 fully saturated rings. The van der Waals surface area contributed by atoms with Gasteiger partial charge >= 0.3 is 5.69 Å². The molecule has 296 valence electrons. The van der Waals surface area contributed by atoms with Crippen LogP contribution in [-0.2, 0) is 0 Å². The summed E-state index contributed by atoms with van der Waals surface area (Å²) in [6, 6.07) is 38.2. The number of hydrogen-bond donors (Lipinski definition) is 2. The summed E-state index contributed by atoms with van der Waals surface area (Å²) in [5.74, 6) is 2.71. The van der Waals surface area contributed by atoms with Gasteiger partial charge < -0.3 is 28.9 Å². The second-order valence-electron chi connectivity index (χ2n) is 13.9. The van der Waals surface area contributed by atoms with E-state index in [1.807, 2.05) is 133 Å². The van der Waals surface area contributed by atoms with Gasteiger partial charge in [-0.1, -0.05) is 48.5 Å². The average molecular weight is 859 g/mol. The highest BCUT2D eigenvalue weighted by Gasteiger charge is 2.34. The van der Waals surface area contributed by atoms with Crippen LogP contribution in [-0.4, -0.2) is 52.9 Å². The van der Waals surface area contributed by atoms with Crippen molar-refractivity contribution in [2.45, 2.75) is 0 Å². The van der Waals surface area contributed by atoms with E-state index in [9.17, 15) is 10.1 Å². The summed E-state index contributed by atoms with van der Waals surface area (Å²) in [6.07, 6.45) is 4.02. The van der Waals surface area contributed by atoms with Gasteiger partial charge in [-0.3, -0.25) is 10.1 Å². The number of nitro groups is 1. The van der Waals surface area contributed by atoms with E-state index in [4.69, 9.17) is 28.9 Å². The number of nitrogens with one attached hydrogen (secondary N) is 2. The zero-order chi connectivity index (χ0) is 41.5. The number of aromatic nitrogens is 3. The maximum Gasteiger partial charge on any atom is 0.306 e. The number of halogens is 1. The van der Waals surface area contributed by atoms with E-state index in [0.717, 1.165) is 33.3 Å². The van der Waals surface area contributed by atoms with Gasteiger partial charge in [-0.25, -0.2) is 9.98 Å². The second kappa shape index (κ2) is 15.7. The molecule has 0 unspecified atom stereocenters. The van der Waals surface area contributed by atoms with Gasteiger partial charge in [-0.15, -0.1) is 0 Å². The second-order valence-corrected chi connectivity index (χ2v) is 14.7. The molecule has 11 nitrogen and oxygen atoms in total. The fourth-order valence-electron chi connectivity index (χ4n) is 7.78. The first-order chi connectivity index (χ1) is 29.3. The molecule has 0 saturated heterocycles. The normalized spacial score (nSPS) is 11.9. The molecule has 2 aliphatic heterocycles. The fraction of sp³-hybridized carbons (Fsp3) is 0.0833. The molecule has 0 atom stereocenters. The molecule has 12 heteroatoms. The van der Waals surface area contributed by atoms with Crippen molar-refractivity contribution in [3.63, 3.8) is 0 Å². The molecule has 2 aliphatic rings. The Morgan fingerprint density at radius 1 is 0.483 bits per heavy atom. The zero-order valence-electron chi connectivity index (χ0n) is 32.9. The van der Waals surface area contributed by atoms with Crippen molar-refractivity contribution in [2.24, 2.45) is 4.99 Å². The first-order valence-electron chi connectivity index (χ1n) is 18.9. The lowest BCUT2D eigenvalue weighted by Gasteiger charge is -2.09. The van der Waals surface area contributed by atoms with Crippen LogP contribution in [0.4, 0.5) is 11.4 Å². The predicted molar refractivity (Wildman–Crippen MR) is 242 cm³/mol. The number of ether oxygens (including phenoxy) is 4. The zero-order valence-corrected chi connectivity index (χ0v) is 34.5. The molecule has 2 N–H and O–H groups in total. The van der Waals surface area contributed by atoms with E-state index in [0.29, 0.717) is 77.9 Å². The van der Waals surface area contributed by atoms with Crippen LogP contribution < -0.4 is 18.9 Å². The number of fused-ring (bicyclic) bond motifs is 8. The lowest BCUT2D eigenvalue weighted by atomic mass is 9.98. The first-order valence-corrected chi connectivity index (χ1v) is 19.7. The predicted octanol–water partition coefficient (Wildman–Crippen LogP) is 12.2. The molecule has 0 saturated carbocycles. The summed E-state index contributed by atoms with van der Waals surface area (Å²) in [4.78, 5) is 30.9. The van der Waals surface area contributed by atoms with Crippen molar-refractivity contribution in [3.05, 3.63) is 148 Å². The summed E-state index contributed by atoms with van der Waals surface area (Å²) >= 11 is 3.72. The van der Waals surface area contributed by atoms with E-state index < -0.39 is 0 Å². The SMILES string of the molecule is COc1ccc(-c2c3nc(c(-c4ccc(OC)cc4)c4ccc([nH]4)c(-c4ccc(OC)cc4)c4c([N+](=O)[O-])c(c(-c5ccc(OC)cc5)c5ccc2[nH]5)N=C4Br)C=C3)cc1. The number of nitrogens with zero attached hydrogens (tertiary/aromatic N) is 3. The molecule has 60 heavy (non-hydrogen) atoms. The summed E-state index contributed by atoms with van der Waals surface area (Å²) in [5.41, 5.74) is 10.4. The number of rotatable bonds is 9. The van der Waals surface area contributed by atoms with Gasteiger partial charge in [0.05, 0.1) is 50.3 Å². The van der Waals surface area contributed by atoms with E-state index >= 15 is 0 Å². The third-order valence-corrected chi connectivity index (χ3v) is 11.2. The van der Waals surface area contributed by atoms with Gasteiger partial charge in [0.15, 0.2) is 5.69 Å². The Labute approximate surface area is 352 Å². The van der Waals surface area contributed by atoms with Crippen LogP contribution in [0.5, 0.6) is 23.0 Å². The maximum absolute atomic E-state index is 13.6. The minimum absolute atomic E-state index is 0.169. The largest absolute Gasteiger partial charge is 0.497 e. The van der Waals surface area contributed by atoms with Crippen LogP contribution in [0.25, 0.3) is 78.7 Å². The van der Waals surface area contributed by atoms with Gasteiger partial charge in [-0.2, -0.15) is 0 Å². The average Bonchev–Trinajstić information content (AvgIpc) is 4.12. The molecule has 7 aromatic rings. The number of methoxy groups -OCH3 is 4. The van der Waals surface area contributed by atoms with Crippen LogP contribution in [0.1, 0.15) is 17.0 Å². The number of aromatic amines is 2. The molecule has 0 spiro atoms. The van der Waals surface area contributed by atoms with E-state index in [1.54, 1.807) is 28.4 Å². The molecule has 0 amide bonds. The summed E-state index contributed by atoms with van der Waals surface area (Å²) in [5, 5.41) is 13.6. The Morgan fingerprint density at radius 3 is 1.18 bits per heavy atom. The van der Waals surface area contributed by atoms with Crippen LogP contribution in [0, 0.1) is 10.1 Å². The minimum atomic E-state index is -0.356. The van der Waals surface area contributed by atoms with Gasteiger partial charge in [0.25, 0.3) is 0 Å². The lowest BCUT2D eigenvalue weighted by Crippen LogP contribution is -1.97. The Bertz CT molecular complexity index is 3040. The molecule has 0 radical (unpaired) electrons. The molecule has 3 aromatic heterocycles. The van der Waals surface area contributed by atoms with Crippen LogP contribution in [0.15, 0.2) is 126 Å². The van der Waals surface area contributed by atoms with Crippen molar-refractivity contribution in [1.29, 1.82) is 0 Å². The fourth-order valence-corrected chi connectivity index (χ4v) is 8.34. The Balaban J connectivity index is 1.51. The third-order valence-electron chi connectivity index (χ3n) is 10.7. The maximum atomic E-state index is 13.6. The molecular formula is C48H36BrN5O6. The van der Waals surface area contributed by atoms with Crippen molar-refractivity contribution < 1.29 is 23.9 Å².